The van der Waals surface area contributed by atoms with Crippen LogP contribution in [0.4, 0.5) is 15.9 Å². The number of halogens is 1. The first-order valence-corrected chi connectivity index (χ1v) is 12.1. The number of benzene rings is 1. The van der Waals surface area contributed by atoms with Gasteiger partial charge in [-0.2, -0.15) is 0 Å². The summed E-state index contributed by atoms with van der Waals surface area (Å²) in [6, 6.07) is 13.8. The van der Waals surface area contributed by atoms with Crippen LogP contribution in [0.5, 0.6) is 5.75 Å². The molecule has 1 aromatic heterocycles. The summed E-state index contributed by atoms with van der Waals surface area (Å²) >= 11 is 0. The molecule has 0 radical (unpaired) electrons. The summed E-state index contributed by atoms with van der Waals surface area (Å²) in [6.07, 6.45) is 4.88. The van der Waals surface area contributed by atoms with E-state index < -0.39 is 0 Å². The highest BCUT2D eigenvalue weighted by atomic mass is 19.1. The lowest BCUT2D eigenvalue weighted by atomic mass is 9.82. The first-order chi connectivity index (χ1) is 16.2. The fraction of sp³-hybridized carbons (Fsp3) is 0.538. The summed E-state index contributed by atoms with van der Waals surface area (Å²) in [7, 11) is 1.71. The van der Waals surface area contributed by atoms with Crippen molar-refractivity contribution in [3.63, 3.8) is 0 Å². The summed E-state index contributed by atoms with van der Waals surface area (Å²) in [5.41, 5.74) is 1.13. The van der Waals surface area contributed by atoms with E-state index in [0.717, 1.165) is 69.8 Å². The molecule has 1 saturated heterocycles. The number of anilines is 2. The van der Waals surface area contributed by atoms with Gasteiger partial charge in [0.2, 0.25) is 5.91 Å². The van der Waals surface area contributed by atoms with E-state index in [-0.39, 0.29) is 24.4 Å². The standard InChI is InChI=1S/C26H35FN4O2/c1-33-24-7-3-2-6-23(24)30-17-14-29(15-18-30)16-19-31(25-8-4-5-13-28-25)26(32)22-11-9-21(20-27)10-12-22/h2-8,13,21-22H,9-12,14-20H2,1H3. The molecule has 2 aliphatic rings. The number of aromatic nitrogens is 1. The molecule has 1 aliphatic heterocycles. The van der Waals surface area contributed by atoms with E-state index in [2.05, 4.69) is 20.9 Å². The lowest BCUT2D eigenvalue weighted by Gasteiger charge is -2.38. The Morgan fingerprint density at radius 1 is 1.06 bits per heavy atom. The van der Waals surface area contributed by atoms with E-state index in [1.165, 1.54) is 0 Å². The predicted octanol–water partition coefficient (Wildman–Crippen LogP) is 4.02. The van der Waals surface area contributed by atoms with Crippen LogP contribution in [0, 0.1) is 11.8 Å². The third-order valence-corrected chi connectivity index (χ3v) is 7.04. The van der Waals surface area contributed by atoms with Crippen LogP contribution in [-0.4, -0.2) is 68.8 Å². The Hall–Kier alpha value is -2.67. The fourth-order valence-electron chi connectivity index (χ4n) is 4.98. The summed E-state index contributed by atoms with van der Waals surface area (Å²) in [5, 5.41) is 0. The van der Waals surface area contributed by atoms with Crippen LogP contribution in [0.25, 0.3) is 0 Å². The van der Waals surface area contributed by atoms with Crippen molar-refractivity contribution in [2.24, 2.45) is 11.8 Å². The molecular weight excluding hydrogens is 419 g/mol. The first kappa shape index (κ1) is 23.5. The molecule has 2 aromatic rings. The molecule has 4 rings (SSSR count). The zero-order valence-electron chi connectivity index (χ0n) is 19.5. The molecule has 2 heterocycles. The van der Waals surface area contributed by atoms with Crippen molar-refractivity contribution in [1.29, 1.82) is 0 Å². The number of alkyl halides is 1. The number of para-hydroxylation sites is 2. The van der Waals surface area contributed by atoms with E-state index in [1.54, 1.807) is 13.3 Å². The Balaban J connectivity index is 1.35. The number of rotatable bonds is 8. The molecule has 0 N–H and O–H groups in total. The number of hydrogen-bond acceptors (Lipinski definition) is 5. The summed E-state index contributed by atoms with van der Waals surface area (Å²) in [5.74, 6) is 1.84. The quantitative estimate of drug-likeness (QED) is 0.603. The first-order valence-electron chi connectivity index (χ1n) is 12.1. The van der Waals surface area contributed by atoms with E-state index in [0.29, 0.717) is 12.4 Å². The fourth-order valence-corrected chi connectivity index (χ4v) is 4.98. The lowest BCUT2D eigenvalue weighted by molar-refractivity contribution is -0.123. The van der Waals surface area contributed by atoms with Gasteiger partial charge in [-0.05, 0) is 55.9 Å². The van der Waals surface area contributed by atoms with Crippen LogP contribution >= 0.6 is 0 Å². The Bertz CT molecular complexity index is 881. The molecule has 0 unspecified atom stereocenters. The predicted molar refractivity (Wildman–Crippen MR) is 130 cm³/mol. The van der Waals surface area contributed by atoms with Crippen LogP contribution in [-0.2, 0) is 4.79 Å². The molecule has 1 saturated carbocycles. The van der Waals surface area contributed by atoms with Gasteiger partial charge < -0.3 is 9.64 Å². The number of nitrogens with zero attached hydrogens (tertiary/aromatic N) is 4. The minimum atomic E-state index is -0.272. The molecule has 1 amide bonds. The van der Waals surface area contributed by atoms with E-state index >= 15 is 0 Å². The van der Waals surface area contributed by atoms with Crippen molar-refractivity contribution >= 4 is 17.4 Å². The molecule has 178 valence electrons. The van der Waals surface area contributed by atoms with Crippen molar-refractivity contribution in [3.05, 3.63) is 48.7 Å². The minimum absolute atomic E-state index is 0.0304. The van der Waals surface area contributed by atoms with Crippen molar-refractivity contribution in [3.8, 4) is 5.75 Å². The molecule has 0 bridgehead atoms. The minimum Gasteiger partial charge on any atom is -0.495 e. The van der Waals surface area contributed by atoms with Crippen molar-refractivity contribution in [2.75, 3.05) is 62.9 Å². The maximum atomic E-state index is 13.4. The maximum absolute atomic E-state index is 13.4. The molecule has 7 heteroatoms. The van der Waals surface area contributed by atoms with Crippen LogP contribution in [0.3, 0.4) is 0 Å². The molecular formula is C26H35FN4O2. The van der Waals surface area contributed by atoms with Gasteiger partial charge in [0.25, 0.3) is 0 Å². The number of amides is 1. The van der Waals surface area contributed by atoms with Crippen LogP contribution in [0.2, 0.25) is 0 Å². The Kier molecular flexibility index (Phi) is 8.15. The van der Waals surface area contributed by atoms with E-state index in [1.807, 2.05) is 41.3 Å². The van der Waals surface area contributed by atoms with Gasteiger partial charge in [0.05, 0.1) is 19.5 Å². The third-order valence-electron chi connectivity index (χ3n) is 7.04. The third kappa shape index (κ3) is 5.82. The highest BCUT2D eigenvalue weighted by Gasteiger charge is 2.31. The van der Waals surface area contributed by atoms with Crippen LogP contribution in [0.15, 0.2) is 48.7 Å². The van der Waals surface area contributed by atoms with Crippen molar-refractivity contribution < 1.29 is 13.9 Å². The van der Waals surface area contributed by atoms with Gasteiger partial charge in [-0.1, -0.05) is 18.2 Å². The second-order valence-electron chi connectivity index (χ2n) is 9.05. The zero-order chi connectivity index (χ0) is 23.0. The molecule has 1 aliphatic carbocycles. The summed E-state index contributed by atoms with van der Waals surface area (Å²) in [4.78, 5) is 24.5. The van der Waals surface area contributed by atoms with Crippen LogP contribution < -0.4 is 14.5 Å². The normalized spacial score (nSPS) is 21.6. The number of hydrogen-bond donors (Lipinski definition) is 0. The topological polar surface area (TPSA) is 48.9 Å². The SMILES string of the molecule is COc1ccccc1N1CCN(CCN(C(=O)C2CCC(CF)CC2)c2ccccn2)CC1. The number of piperazine rings is 1. The second kappa shape index (κ2) is 11.5. The number of ether oxygens (including phenoxy) is 1. The number of carbonyl (C=O) groups excluding carboxylic acids is 1. The monoisotopic (exact) mass is 454 g/mol. The Morgan fingerprint density at radius 2 is 1.79 bits per heavy atom. The average Bonchev–Trinajstić information content (AvgIpc) is 2.89. The molecule has 1 aromatic carbocycles. The Morgan fingerprint density at radius 3 is 2.45 bits per heavy atom. The zero-order valence-corrected chi connectivity index (χ0v) is 19.5. The molecule has 33 heavy (non-hydrogen) atoms. The summed E-state index contributed by atoms with van der Waals surface area (Å²) in [6.45, 7) is 4.87. The largest absolute Gasteiger partial charge is 0.495 e. The number of carbonyl (C=O) groups is 1. The van der Waals surface area contributed by atoms with Crippen molar-refractivity contribution in [2.45, 2.75) is 25.7 Å². The van der Waals surface area contributed by atoms with Gasteiger partial charge in [0.15, 0.2) is 0 Å². The highest BCUT2D eigenvalue weighted by molar-refractivity contribution is 5.94. The van der Waals surface area contributed by atoms with Crippen LogP contribution in [0.1, 0.15) is 25.7 Å². The van der Waals surface area contributed by atoms with Crippen molar-refractivity contribution in [1.82, 2.24) is 9.88 Å². The lowest BCUT2D eigenvalue weighted by Crippen LogP contribution is -2.50. The number of methoxy groups -OCH3 is 1. The molecule has 0 spiro atoms. The highest BCUT2D eigenvalue weighted by Crippen LogP contribution is 2.31. The van der Waals surface area contributed by atoms with Gasteiger partial charge in [-0.25, -0.2) is 4.98 Å². The molecule has 2 fully saturated rings. The van der Waals surface area contributed by atoms with Gasteiger partial charge in [0.1, 0.15) is 11.6 Å². The average molecular weight is 455 g/mol. The van der Waals surface area contributed by atoms with Gasteiger partial charge in [-0.15, -0.1) is 0 Å². The van der Waals surface area contributed by atoms with Gasteiger partial charge in [-0.3, -0.25) is 19.0 Å². The summed E-state index contributed by atoms with van der Waals surface area (Å²) < 4.78 is 18.5. The second-order valence-corrected chi connectivity index (χ2v) is 9.05. The van der Waals surface area contributed by atoms with E-state index in [4.69, 9.17) is 4.74 Å². The maximum Gasteiger partial charge on any atom is 0.231 e. The van der Waals surface area contributed by atoms with E-state index in [9.17, 15) is 9.18 Å². The smallest absolute Gasteiger partial charge is 0.231 e. The number of pyridine rings is 1. The molecule has 6 nitrogen and oxygen atoms in total. The molecule has 0 atom stereocenters. The van der Waals surface area contributed by atoms with Gasteiger partial charge >= 0.3 is 0 Å². The Labute approximate surface area is 196 Å². The van der Waals surface area contributed by atoms with Gasteiger partial charge in [0, 0.05) is 51.4 Å².